The molecule has 3 aromatic rings. The molecule has 1 amide bonds. The lowest BCUT2D eigenvalue weighted by Crippen LogP contribution is -2.31. The van der Waals surface area contributed by atoms with E-state index < -0.39 is 0 Å². The SMILES string of the molecule is CN1CCCN(C(=O)c2csc(-c3ccccn3)n2)c2cc(F)ccc21. The van der Waals surface area contributed by atoms with Crippen molar-refractivity contribution >= 4 is 28.6 Å². The normalized spacial score (nSPS) is 14.1. The minimum atomic E-state index is -0.357. The Morgan fingerprint density at radius 2 is 2.08 bits per heavy atom. The molecule has 1 aliphatic heterocycles. The van der Waals surface area contributed by atoms with Gasteiger partial charge >= 0.3 is 0 Å². The number of nitrogens with zero attached hydrogens (tertiary/aromatic N) is 4. The lowest BCUT2D eigenvalue weighted by atomic mass is 10.2. The molecular formula is C19H17FN4OS. The van der Waals surface area contributed by atoms with Gasteiger partial charge in [-0.15, -0.1) is 11.3 Å². The highest BCUT2D eigenvalue weighted by Gasteiger charge is 2.26. The molecule has 0 saturated carbocycles. The van der Waals surface area contributed by atoms with Gasteiger partial charge < -0.3 is 9.80 Å². The van der Waals surface area contributed by atoms with Gasteiger partial charge in [0.05, 0.1) is 17.1 Å². The molecule has 0 unspecified atom stereocenters. The number of thiazole rings is 1. The van der Waals surface area contributed by atoms with Crippen LogP contribution in [-0.2, 0) is 0 Å². The highest BCUT2D eigenvalue weighted by molar-refractivity contribution is 7.13. The van der Waals surface area contributed by atoms with Crippen LogP contribution in [0.4, 0.5) is 15.8 Å². The fourth-order valence-corrected chi connectivity index (χ4v) is 3.84. The van der Waals surface area contributed by atoms with Crippen LogP contribution in [0.25, 0.3) is 10.7 Å². The third kappa shape index (κ3) is 3.06. The average Bonchev–Trinajstić information content (AvgIpc) is 3.09. The number of hydrogen-bond acceptors (Lipinski definition) is 5. The summed E-state index contributed by atoms with van der Waals surface area (Å²) in [5, 5.41) is 2.43. The fraction of sp³-hybridized carbons (Fsp3) is 0.211. The summed E-state index contributed by atoms with van der Waals surface area (Å²) in [4.78, 5) is 25.5. The second kappa shape index (κ2) is 6.84. The molecule has 2 aromatic heterocycles. The number of pyridine rings is 1. The minimum absolute atomic E-state index is 0.217. The number of fused-ring (bicyclic) bond motifs is 1. The van der Waals surface area contributed by atoms with Crippen LogP contribution in [-0.4, -0.2) is 36.0 Å². The predicted molar refractivity (Wildman–Crippen MR) is 101 cm³/mol. The molecule has 4 rings (SSSR count). The first-order valence-electron chi connectivity index (χ1n) is 8.33. The standard InChI is InChI=1S/C19H17FN4OS/c1-23-9-4-10-24(17-11-13(20)6-7-16(17)23)19(25)15-12-26-18(22-15)14-5-2-3-8-21-14/h2-3,5-8,11-12H,4,9-10H2,1H3. The number of hydrogen-bond donors (Lipinski definition) is 0. The van der Waals surface area contributed by atoms with E-state index in [2.05, 4.69) is 9.97 Å². The quantitative estimate of drug-likeness (QED) is 0.690. The van der Waals surface area contributed by atoms with E-state index in [0.29, 0.717) is 22.9 Å². The van der Waals surface area contributed by atoms with Gasteiger partial charge in [-0.1, -0.05) is 6.07 Å². The molecule has 26 heavy (non-hydrogen) atoms. The first-order valence-corrected chi connectivity index (χ1v) is 9.21. The molecule has 7 heteroatoms. The fourth-order valence-electron chi connectivity index (χ4n) is 3.07. The lowest BCUT2D eigenvalue weighted by Gasteiger charge is -2.23. The molecule has 0 N–H and O–H groups in total. The van der Waals surface area contributed by atoms with Gasteiger partial charge in [-0.2, -0.15) is 0 Å². The van der Waals surface area contributed by atoms with E-state index in [9.17, 15) is 9.18 Å². The summed E-state index contributed by atoms with van der Waals surface area (Å²) in [6.07, 6.45) is 2.50. The number of halogens is 1. The van der Waals surface area contributed by atoms with E-state index in [1.165, 1.54) is 23.5 Å². The first kappa shape index (κ1) is 16.7. The summed E-state index contributed by atoms with van der Waals surface area (Å²) in [5.41, 5.74) is 2.52. The zero-order valence-electron chi connectivity index (χ0n) is 14.2. The van der Waals surface area contributed by atoms with Crippen molar-refractivity contribution in [1.82, 2.24) is 9.97 Å². The Morgan fingerprint density at radius 3 is 2.88 bits per heavy atom. The maximum absolute atomic E-state index is 13.8. The van der Waals surface area contributed by atoms with Crippen molar-refractivity contribution in [3.8, 4) is 10.7 Å². The number of rotatable bonds is 2. The molecular weight excluding hydrogens is 351 g/mol. The van der Waals surface area contributed by atoms with Gasteiger partial charge in [-0.25, -0.2) is 9.37 Å². The van der Waals surface area contributed by atoms with Crippen molar-refractivity contribution in [1.29, 1.82) is 0 Å². The van der Waals surface area contributed by atoms with Crippen LogP contribution in [0.5, 0.6) is 0 Å². The number of aromatic nitrogens is 2. The van der Waals surface area contributed by atoms with Crippen LogP contribution < -0.4 is 9.80 Å². The van der Waals surface area contributed by atoms with Crippen LogP contribution >= 0.6 is 11.3 Å². The molecule has 0 spiro atoms. The summed E-state index contributed by atoms with van der Waals surface area (Å²) < 4.78 is 13.8. The highest BCUT2D eigenvalue weighted by atomic mass is 32.1. The van der Waals surface area contributed by atoms with Crippen molar-refractivity contribution in [3.63, 3.8) is 0 Å². The predicted octanol–water partition coefficient (Wildman–Crippen LogP) is 3.83. The van der Waals surface area contributed by atoms with Gasteiger partial charge in [0.1, 0.15) is 16.5 Å². The molecule has 1 aromatic carbocycles. The van der Waals surface area contributed by atoms with Crippen LogP contribution in [0.1, 0.15) is 16.9 Å². The summed E-state index contributed by atoms with van der Waals surface area (Å²) in [5.74, 6) is -0.574. The number of carbonyl (C=O) groups excluding carboxylic acids is 1. The molecule has 0 aliphatic carbocycles. The second-order valence-electron chi connectivity index (χ2n) is 6.12. The van der Waals surface area contributed by atoms with E-state index in [1.807, 2.05) is 30.1 Å². The van der Waals surface area contributed by atoms with E-state index in [-0.39, 0.29) is 11.7 Å². The van der Waals surface area contributed by atoms with Crippen LogP contribution in [0.2, 0.25) is 0 Å². The summed E-state index contributed by atoms with van der Waals surface area (Å²) in [6.45, 7) is 1.33. The summed E-state index contributed by atoms with van der Waals surface area (Å²) in [7, 11) is 1.95. The maximum atomic E-state index is 13.8. The lowest BCUT2D eigenvalue weighted by molar-refractivity contribution is 0.0983. The van der Waals surface area contributed by atoms with Crippen molar-refractivity contribution in [3.05, 3.63) is 59.5 Å². The molecule has 0 bridgehead atoms. The van der Waals surface area contributed by atoms with Gasteiger partial charge in [0.25, 0.3) is 5.91 Å². The maximum Gasteiger partial charge on any atom is 0.277 e. The van der Waals surface area contributed by atoms with E-state index in [1.54, 1.807) is 22.5 Å². The highest BCUT2D eigenvalue weighted by Crippen LogP contribution is 2.33. The molecule has 132 valence electrons. The molecule has 0 fully saturated rings. The zero-order chi connectivity index (χ0) is 18.1. The Morgan fingerprint density at radius 1 is 1.19 bits per heavy atom. The molecule has 3 heterocycles. The van der Waals surface area contributed by atoms with E-state index >= 15 is 0 Å². The Hall–Kier alpha value is -2.80. The van der Waals surface area contributed by atoms with Crippen molar-refractivity contribution < 1.29 is 9.18 Å². The van der Waals surface area contributed by atoms with Gasteiger partial charge in [0.2, 0.25) is 0 Å². The second-order valence-corrected chi connectivity index (χ2v) is 6.98. The molecule has 0 atom stereocenters. The minimum Gasteiger partial charge on any atom is -0.373 e. The number of benzene rings is 1. The van der Waals surface area contributed by atoms with Gasteiger partial charge in [-0.05, 0) is 36.8 Å². The van der Waals surface area contributed by atoms with Crippen molar-refractivity contribution in [2.45, 2.75) is 6.42 Å². The van der Waals surface area contributed by atoms with Crippen LogP contribution in [0.3, 0.4) is 0 Å². The molecule has 0 saturated heterocycles. The molecule has 0 radical (unpaired) electrons. The van der Waals surface area contributed by atoms with Crippen molar-refractivity contribution in [2.75, 3.05) is 29.9 Å². The third-order valence-electron chi connectivity index (χ3n) is 4.37. The number of carbonyl (C=O) groups is 1. The smallest absolute Gasteiger partial charge is 0.277 e. The Balaban J connectivity index is 1.69. The van der Waals surface area contributed by atoms with Gasteiger partial charge in [0.15, 0.2) is 0 Å². The summed E-state index contributed by atoms with van der Waals surface area (Å²) >= 11 is 1.38. The zero-order valence-corrected chi connectivity index (χ0v) is 15.0. The topological polar surface area (TPSA) is 49.3 Å². The Labute approximate surface area is 154 Å². The molecule has 5 nitrogen and oxygen atoms in total. The third-order valence-corrected chi connectivity index (χ3v) is 5.23. The monoisotopic (exact) mass is 368 g/mol. The van der Waals surface area contributed by atoms with Crippen LogP contribution in [0.15, 0.2) is 48.0 Å². The van der Waals surface area contributed by atoms with Gasteiger partial charge in [-0.3, -0.25) is 9.78 Å². The number of amides is 1. The van der Waals surface area contributed by atoms with E-state index in [0.717, 1.165) is 24.3 Å². The Kier molecular flexibility index (Phi) is 4.38. The molecule has 1 aliphatic rings. The van der Waals surface area contributed by atoms with E-state index in [4.69, 9.17) is 0 Å². The Bertz CT molecular complexity index is 944. The van der Waals surface area contributed by atoms with Crippen LogP contribution in [0, 0.1) is 5.82 Å². The largest absolute Gasteiger partial charge is 0.373 e. The van der Waals surface area contributed by atoms with Crippen molar-refractivity contribution in [2.24, 2.45) is 0 Å². The summed E-state index contributed by atoms with van der Waals surface area (Å²) in [6, 6.07) is 10.1. The first-order chi connectivity index (χ1) is 12.6. The van der Waals surface area contributed by atoms with Gasteiger partial charge in [0, 0.05) is 31.7 Å². The number of anilines is 2. The average molecular weight is 368 g/mol.